The number of rotatable bonds is 28. The number of hydrogen-bond acceptors (Lipinski definition) is 14. The lowest BCUT2D eigenvalue weighted by molar-refractivity contribution is -0.156. The number of nitrogens with zero attached hydrogens (tertiary/aromatic N) is 6. The smallest absolute Gasteiger partial charge is 0.306 e. The second kappa shape index (κ2) is 35.8. The summed E-state index contributed by atoms with van der Waals surface area (Å²) in [5.41, 5.74) is 2.02. The first-order valence-corrected chi connectivity index (χ1v) is 28.5. The first kappa shape index (κ1) is 59.2. The fraction of sp³-hybridized carbons (Fsp3) is 0.672. The number of likely N-dealkylation sites (tertiary alicyclic amines) is 2. The van der Waals surface area contributed by atoms with Crippen LogP contribution in [0.3, 0.4) is 0 Å². The molecule has 4 amide bonds. The van der Waals surface area contributed by atoms with E-state index in [0.29, 0.717) is 54.9 Å². The van der Waals surface area contributed by atoms with Gasteiger partial charge in [-0.25, -0.2) is 11.2 Å². The SMILES string of the molecule is [2H]CC(OP(OCC[N+]#[C-])N(C(C)C)C(C)C)C1CCCCN1CCCCCCN1C(=O)c2ccccc2C1=O.[2H]CCC1C(OC(=O)CCC(C)=O)CCCN1CCCCCCN1C(=O)c2ccccc2C1=O.[3H]OC.[3H]OC. The van der Waals surface area contributed by atoms with Crippen LogP contribution in [0.15, 0.2) is 48.5 Å². The van der Waals surface area contributed by atoms with Gasteiger partial charge in [-0.15, -0.1) is 0 Å². The van der Waals surface area contributed by atoms with Gasteiger partial charge in [0.05, 0.1) is 34.8 Å². The molecular formula is C58H91N6O11P. The summed E-state index contributed by atoms with van der Waals surface area (Å²) < 4.78 is 48.2. The number of piperidine rings is 2. The normalized spacial score (nSPS) is 19.9. The van der Waals surface area contributed by atoms with E-state index in [1.807, 2.05) is 0 Å². The Labute approximate surface area is 461 Å². The van der Waals surface area contributed by atoms with Crippen molar-refractivity contribution >= 4 is 43.9 Å². The molecule has 2 fully saturated rings. The van der Waals surface area contributed by atoms with E-state index in [-0.39, 0.29) is 98.4 Å². The molecule has 0 aliphatic carbocycles. The highest BCUT2D eigenvalue weighted by atomic mass is 31.2. The van der Waals surface area contributed by atoms with Gasteiger partial charge in [0.1, 0.15) is 18.5 Å². The lowest BCUT2D eigenvalue weighted by Crippen LogP contribution is -2.49. The van der Waals surface area contributed by atoms with Crippen LogP contribution in [0.5, 0.6) is 0 Å². The minimum Gasteiger partial charge on any atom is -0.461 e. The maximum atomic E-state index is 12.6. The Morgan fingerprint density at radius 1 is 0.750 bits per heavy atom. The number of hydrogen-bond donors (Lipinski definition) is 2. The number of amides is 4. The van der Waals surface area contributed by atoms with Gasteiger partial charge in [-0.3, -0.25) is 43.6 Å². The van der Waals surface area contributed by atoms with Crippen molar-refractivity contribution in [2.75, 3.05) is 66.6 Å². The average Bonchev–Trinajstić information content (AvgIpc) is 3.87. The molecule has 2 aromatic carbocycles. The number of carbonyl (C=O) groups is 6. The molecule has 0 spiro atoms. The van der Waals surface area contributed by atoms with E-state index >= 15 is 0 Å². The van der Waals surface area contributed by atoms with Crippen molar-refractivity contribution in [1.82, 2.24) is 24.3 Å². The number of unbranched alkanes of at least 4 members (excludes halogenated alkanes) is 6. The molecule has 424 valence electrons. The molecule has 0 bridgehead atoms. The number of ketones is 1. The molecular weight excluding hydrogens is 988 g/mol. The van der Waals surface area contributed by atoms with E-state index in [0.717, 1.165) is 110 Å². The Bertz CT molecular complexity index is 2170. The molecule has 2 N–H and O–H groups in total. The minimum absolute atomic E-state index is 0.0204. The van der Waals surface area contributed by atoms with Crippen LogP contribution >= 0.6 is 8.53 Å². The molecule has 4 aliphatic heterocycles. The Balaban J connectivity index is 0.000000386. The van der Waals surface area contributed by atoms with Crippen molar-refractivity contribution in [2.45, 2.75) is 188 Å². The lowest BCUT2D eigenvalue weighted by atomic mass is 9.96. The zero-order chi connectivity index (χ0) is 59.0. The third kappa shape index (κ3) is 19.7. The number of imide groups is 2. The molecule has 0 saturated carbocycles. The van der Waals surface area contributed by atoms with Gasteiger partial charge in [-0.1, -0.05) is 63.3 Å². The largest absolute Gasteiger partial charge is 0.461 e. The zero-order valence-corrected chi connectivity index (χ0v) is 47.5. The predicted octanol–water partition coefficient (Wildman–Crippen LogP) is 9.60. The summed E-state index contributed by atoms with van der Waals surface area (Å²) in [5.74, 6) is -1.10. The van der Waals surface area contributed by atoms with Gasteiger partial charge in [0.2, 0.25) is 9.41 Å². The molecule has 18 heteroatoms. The number of Topliss-reactive ketones (excluding diaryl/α,β-unsaturated/α-hetero) is 1. The number of fused-ring (bicyclic) bond motifs is 2. The minimum atomic E-state index is -1.37. The van der Waals surface area contributed by atoms with E-state index < -0.39 is 8.53 Å². The zero-order valence-electron chi connectivity index (χ0n) is 50.6. The van der Waals surface area contributed by atoms with E-state index in [4.69, 9.17) is 26.0 Å². The molecule has 4 aliphatic rings. The highest BCUT2D eigenvalue weighted by molar-refractivity contribution is 7.44. The van der Waals surface area contributed by atoms with Crippen molar-refractivity contribution in [3.05, 3.63) is 82.2 Å². The fourth-order valence-electron chi connectivity index (χ4n) is 10.3. The van der Waals surface area contributed by atoms with Crippen molar-refractivity contribution < 1.29 is 55.5 Å². The summed E-state index contributed by atoms with van der Waals surface area (Å²) in [6.07, 6.45) is 13.0. The highest BCUT2D eigenvalue weighted by Gasteiger charge is 2.38. The maximum absolute atomic E-state index is 12.6. The molecule has 0 radical (unpaired) electrons. The Morgan fingerprint density at radius 2 is 1.24 bits per heavy atom. The Hall–Kier alpha value is -4.50. The topological polar surface area (TPSA) is 191 Å². The number of carbonyl (C=O) groups excluding carboxylic acids is 6. The summed E-state index contributed by atoms with van der Waals surface area (Å²) in [5, 5.41) is 7.00. The van der Waals surface area contributed by atoms with E-state index in [1.54, 1.807) is 48.5 Å². The molecule has 76 heavy (non-hydrogen) atoms. The van der Waals surface area contributed by atoms with Gasteiger partial charge in [0.25, 0.3) is 32.2 Å². The number of aliphatic hydroxyl groups is 2. The van der Waals surface area contributed by atoms with Crippen LogP contribution in [0.2, 0.25) is 0 Å². The van der Waals surface area contributed by atoms with Crippen LogP contribution in [0.1, 0.15) is 195 Å². The second-order valence-electron chi connectivity index (χ2n) is 20.0. The molecule has 2 aromatic rings. The highest BCUT2D eigenvalue weighted by Crippen LogP contribution is 2.48. The second-order valence-corrected chi connectivity index (χ2v) is 21.4. The first-order valence-electron chi connectivity index (χ1n) is 29.6. The van der Waals surface area contributed by atoms with Gasteiger partial charge < -0.3 is 33.6 Å². The molecule has 17 nitrogen and oxygen atoms in total. The number of benzene rings is 2. The van der Waals surface area contributed by atoms with Crippen molar-refractivity contribution in [3.63, 3.8) is 0 Å². The van der Waals surface area contributed by atoms with Crippen molar-refractivity contribution in [3.8, 4) is 0 Å². The summed E-state index contributed by atoms with van der Waals surface area (Å²) >= 11 is 0. The Kier molecular flexibility index (Phi) is 27.9. The van der Waals surface area contributed by atoms with E-state index in [2.05, 4.69) is 57.2 Å². The molecule has 5 unspecified atom stereocenters. The molecule has 5 atom stereocenters. The van der Waals surface area contributed by atoms with E-state index in [9.17, 15) is 28.8 Å². The van der Waals surface area contributed by atoms with Gasteiger partial charge in [-0.05, 0) is 150 Å². The average molecular weight is 1090 g/mol. The van der Waals surface area contributed by atoms with E-state index in [1.165, 1.54) is 30.9 Å². The monoisotopic (exact) mass is 1080 g/mol. The van der Waals surface area contributed by atoms with Gasteiger partial charge in [0.15, 0.2) is 0 Å². The van der Waals surface area contributed by atoms with Crippen LogP contribution in [0, 0.1) is 6.57 Å². The quantitative estimate of drug-likeness (QED) is 0.0269. The van der Waals surface area contributed by atoms with Crippen LogP contribution in [0.25, 0.3) is 4.85 Å². The summed E-state index contributed by atoms with van der Waals surface area (Å²) in [4.78, 5) is 84.3. The maximum Gasteiger partial charge on any atom is 0.306 e. The summed E-state index contributed by atoms with van der Waals surface area (Å²) in [6.45, 7) is 22.9. The number of ether oxygens (including phenoxy) is 1. The third-order valence-electron chi connectivity index (χ3n) is 14.0. The summed E-state index contributed by atoms with van der Waals surface area (Å²) in [7, 11) is 1.21. The third-order valence-corrected chi connectivity index (χ3v) is 16.1. The van der Waals surface area contributed by atoms with Crippen LogP contribution in [-0.4, -0.2) is 176 Å². The van der Waals surface area contributed by atoms with Crippen molar-refractivity contribution in [1.29, 1.82) is 2.86 Å². The summed E-state index contributed by atoms with van der Waals surface area (Å²) in [6, 6.07) is 14.7. The Morgan fingerprint density at radius 3 is 1.70 bits per heavy atom. The first-order chi connectivity index (χ1) is 38.5. The number of aliphatic hydroxyl groups excluding tert-OH is 2. The standard InChI is InChI=1S/C30H47N4O4P.C26H36N2O5.2CH4O/c1-23(2)34(24(3)4)39(37-22-18-31-6)38-25(5)28-17-11-14-20-32(28)19-12-7-8-13-21-33-29(35)26-15-9-10-16-27(26)30(33)36;1-3-22-23(33-24(30)15-14-19(2)29)13-10-17-27(22)16-8-4-5-9-18-28-25(31)20-11-6-7-12-21(20)26(28)32;2*1-2/h9-10,15-16,23-25,28H,7-8,11-14,17-22H2,1-5H3;6-7,11-12,22-23H,3-5,8-10,13-18H2,1-2H3;2*2H,1H3/i5D;1D;2*2T. The van der Waals surface area contributed by atoms with Crippen molar-refractivity contribution in [2.24, 2.45) is 0 Å². The lowest BCUT2D eigenvalue weighted by Gasteiger charge is -2.42. The molecule has 0 aromatic heterocycles. The van der Waals surface area contributed by atoms with Crippen LogP contribution < -0.4 is 0 Å². The van der Waals surface area contributed by atoms with Gasteiger partial charge >= 0.3 is 5.97 Å². The fourth-order valence-corrected chi connectivity index (χ4v) is 12.0. The van der Waals surface area contributed by atoms with Crippen LogP contribution in [0.4, 0.5) is 0 Å². The van der Waals surface area contributed by atoms with Crippen LogP contribution in [-0.2, 0) is 23.4 Å². The molecule has 4 heterocycles. The molecule has 2 saturated heterocycles. The van der Waals surface area contributed by atoms with Gasteiger partial charge in [-0.2, -0.15) is 0 Å². The predicted molar refractivity (Wildman–Crippen MR) is 298 cm³/mol. The molecule has 6 rings (SSSR count). The van der Waals surface area contributed by atoms with Gasteiger partial charge in [0, 0.05) is 60.6 Å². The number of esters is 1.